The van der Waals surface area contributed by atoms with Gasteiger partial charge in [-0.1, -0.05) is 24.3 Å². The fourth-order valence-electron chi connectivity index (χ4n) is 2.21. The van der Waals surface area contributed by atoms with Gasteiger partial charge in [0, 0.05) is 11.1 Å². The number of hydrogen-bond acceptors (Lipinski definition) is 4. The van der Waals surface area contributed by atoms with Crippen molar-refractivity contribution in [2.45, 2.75) is 0 Å². The van der Waals surface area contributed by atoms with Crippen molar-refractivity contribution in [3.05, 3.63) is 58.7 Å². The Hall–Kier alpha value is -0.620. The molecule has 3 rings (SSSR count). The molecule has 0 fully saturated rings. The van der Waals surface area contributed by atoms with Crippen LogP contribution in [0, 0.1) is 0 Å². The molecule has 2 aromatic carbocycles. The summed E-state index contributed by atoms with van der Waals surface area (Å²) in [5, 5.41) is 19.4. The number of benzene rings is 2. The number of aromatic hydroxyl groups is 2. The quantitative estimate of drug-likeness (QED) is 0.593. The number of phenols is 2. The van der Waals surface area contributed by atoms with Crippen LogP contribution in [0.25, 0.3) is 0 Å². The van der Waals surface area contributed by atoms with E-state index in [-0.39, 0.29) is 92.9 Å². The Kier molecular flexibility index (Phi) is 5.61. The summed E-state index contributed by atoms with van der Waals surface area (Å²) in [6.07, 6.45) is 0. The molecule has 2 aromatic rings. The Morgan fingerprint density at radius 1 is 0.650 bits per heavy atom. The summed E-state index contributed by atoms with van der Waals surface area (Å²) in [5.41, 5.74) is 0.240. The van der Waals surface area contributed by atoms with Gasteiger partial charge in [0.2, 0.25) is 0 Å². The number of hydrogen-bond donors (Lipinski definition) is 2. The minimum atomic E-state index is -0.450. The summed E-state index contributed by atoms with van der Waals surface area (Å²) in [7, 11) is 0. The second-order valence-corrected chi connectivity index (χ2v) is 4.06. The zero-order valence-corrected chi connectivity index (χ0v) is 9.18. The summed E-state index contributed by atoms with van der Waals surface area (Å²) in [4.78, 5) is 24.4. The van der Waals surface area contributed by atoms with Crippen molar-refractivity contribution in [1.82, 2.24) is 0 Å². The number of ketones is 2. The first-order chi connectivity index (χ1) is 8.61. The zero-order valence-electron chi connectivity index (χ0n) is 9.18. The molecule has 0 saturated heterocycles. The van der Waals surface area contributed by atoms with E-state index in [0.29, 0.717) is 0 Å². The predicted molar refractivity (Wildman–Crippen MR) is 77.4 cm³/mol. The van der Waals surface area contributed by atoms with Crippen molar-refractivity contribution < 1.29 is 19.8 Å². The first kappa shape index (κ1) is 17.4. The fraction of sp³-hybridized carbons (Fsp3) is 0. The van der Waals surface area contributed by atoms with Crippen LogP contribution >= 0.6 is 0 Å². The average molecular weight is 288 g/mol. The maximum atomic E-state index is 12.2. The van der Waals surface area contributed by atoms with Crippen LogP contribution in [0.15, 0.2) is 36.4 Å². The Morgan fingerprint density at radius 3 is 1.35 bits per heavy atom. The molecule has 0 aromatic heterocycles. The molecule has 1 aliphatic carbocycles. The SMILES string of the molecule is O=C1c2cccc(O)c2C(=O)c2cccc(O)c21.[NaH].[NaH]. The zero-order chi connectivity index (χ0) is 12.9. The molecule has 20 heavy (non-hydrogen) atoms. The third-order valence-corrected chi connectivity index (χ3v) is 3.03. The van der Waals surface area contributed by atoms with Gasteiger partial charge in [-0.15, -0.1) is 0 Å². The van der Waals surface area contributed by atoms with E-state index in [1.807, 2.05) is 0 Å². The van der Waals surface area contributed by atoms with Crippen LogP contribution in [0.4, 0.5) is 0 Å². The maximum absolute atomic E-state index is 12.2. The third-order valence-electron chi connectivity index (χ3n) is 3.03. The van der Waals surface area contributed by atoms with Crippen LogP contribution in [0.5, 0.6) is 11.5 Å². The van der Waals surface area contributed by atoms with E-state index in [1.165, 1.54) is 36.4 Å². The Bertz CT molecular complexity index is 649. The molecular weight excluding hydrogens is 278 g/mol. The molecule has 0 aliphatic heterocycles. The van der Waals surface area contributed by atoms with Crippen LogP contribution in [-0.4, -0.2) is 80.9 Å². The number of phenolic OH excluding ortho intramolecular Hbond substituents is 2. The van der Waals surface area contributed by atoms with Crippen molar-refractivity contribution in [3.63, 3.8) is 0 Å². The van der Waals surface area contributed by atoms with E-state index in [9.17, 15) is 19.8 Å². The van der Waals surface area contributed by atoms with E-state index >= 15 is 0 Å². The monoisotopic (exact) mass is 288 g/mol. The summed E-state index contributed by atoms with van der Waals surface area (Å²) in [5.74, 6) is -1.35. The molecule has 0 spiro atoms. The molecule has 4 nitrogen and oxygen atoms in total. The molecule has 0 unspecified atom stereocenters. The van der Waals surface area contributed by atoms with E-state index in [1.54, 1.807) is 0 Å². The summed E-state index contributed by atoms with van der Waals surface area (Å²) < 4.78 is 0. The van der Waals surface area contributed by atoms with Crippen LogP contribution in [-0.2, 0) is 0 Å². The summed E-state index contributed by atoms with van der Waals surface area (Å²) in [6.45, 7) is 0. The van der Waals surface area contributed by atoms with Gasteiger partial charge in [0.25, 0.3) is 0 Å². The van der Waals surface area contributed by atoms with Gasteiger partial charge in [-0.05, 0) is 12.1 Å². The van der Waals surface area contributed by atoms with Crippen LogP contribution < -0.4 is 0 Å². The molecule has 1 aliphatic rings. The number of fused-ring (bicyclic) bond motifs is 2. The Morgan fingerprint density at radius 2 is 1.00 bits per heavy atom. The molecular formula is C14H10Na2O4. The van der Waals surface area contributed by atoms with Crippen molar-refractivity contribution in [2.24, 2.45) is 0 Å². The average Bonchev–Trinajstić information content (AvgIpc) is 2.35. The van der Waals surface area contributed by atoms with Crippen LogP contribution in [0.2, 0.25) is 0 Å². The molecule has 92 valence electrons. The predicted octanol–water partition coefficient (Wildman–Crippen LogP) is 0.576. The molecule has 6 heteroatoms. The van der Waals surface area contributed by atoms with E-state index in [4.69, 9.17) is 0 Å². The first-order valence-corrected chi connectivity index (χ1v) is 5.34. The minimum absolute atomic E-state index is 0. The molecule has 0 heterocycles. The number of carbonyl (C=O) groups is 2. The number of carbonyl (C=O) groups excluding carboxylic acids is 2. The van der Waals surface area contributed by atoms with Gasteiger partial charge in [0.15, 0.2) is 11.6 Å². The Labute approximate surface area is 159 Å². The second kappa shape index (κ2) is 6.43. The molecule has 0 amide bonds. The van der Waals surface area contributed by atoms with Gasteiger partial charge >= 0.3 is 59.1 Å². The standard InChI is InChI=1S/C14H8O4.2Na.2H/c15-9-5-1-3-7-11(9)14(18)8-4-2-6-10(16)12(8)13(7)17;;;;/h1-6,15-16H;;;;. The van der Waals surface area contributed by atoms with Gasteiger partial charge in [0.05, 0.1) is 11.1 Å². The van der Waals surface area contributed by atoms with Crippen molar-refractivity contribution in [3.8, 4) is 11.5 Å². The van der Waals surface area contributed by atoms with Gasteiger partial charge < -0.3 is 10.2 Å². The number of rotatable bonds is 0. The van der Waals surface area contributed by atoms with E-state index in [2.05, 4.69) is 0 Å². The first-order valence-electron chi connectivity index (χ1n) is 5.34. The molecule has 2 N–H and O–H groups in total. The fourth-order valence-corrected chi connectivity index (χ4v) is 2.21. The normalized spacial score (nSPS) is 11.8. The molecule has 0 saturated carbocycles. The van der Waals surface area contributed by atoms with Crippen molar-refractivity contribution in [1.29, 1.82) is 0 Å². The third kappa shape index (κ3) is 2.48. The molecule has 0 bridgehead atoms. The van der Waals surface area contributed by atoms with Crippen molar-refractivity contribution in [2.75, 3.05) is 0 Å². The Balaban J connectivity index is 0.000001000. The topological polar surface area (TPSA) is 74.6 Å². The van der Waals surface area contributed by atoms with Crippen LogP contribution in [0.3, 0.4) is 0 Å². The summed E-state index contributed by atoms with van der Waals surface area (Å²) >= 11 is 0. The summed E-state index contributed by atoms with van der Waals surface area (Å²) in [6, 6.07) is 8.62. The van der Waals surface area contributed by atoms with Crippen LogP contribution in [0.1, 0.15) is 31.8 Å². The van der Waals surface area contributed by atoms with Crippen molar-refractivity contribution >= 4 is 70.7 Å². The van der Waals surface area contributed by atoms with Gasteiger partial charge in [-0.25, -0.2) is 0 Å². The van der Waals surface area contributed by atoms with E-state index in [0.717, 1.165) is 0 Å². The second-order valence-electron chi connectivity index (χ2n) is 4.06. The molecule has 0 atom stereocenters. The molecule has 0 radical (unpaired) electrons. The van der Waals surface area contributed by atoms with Gasteiger partial charge in [0.1, 0.15) is 11.5 Å². The van der Waals surface area contributed by atoms with Gasteiger partial charge in [-0.2, -0.15) is 0 Å². The van der Waals surface area contributed by atoms with E-state index < -0.39 is 11.6 Å². The van der Waals surface area contributed by atoms with Gasteiger partial charge in [-0.3, -0.25) is 9.59 Å².